The third-order valence-electron chi connectivity index (χ3n) is 2.21. The Kier molecular flexibility index (Phi) is 2.67. The number of H-pyrrole nitrogens is 1. The van der Waals surface area contributed by atoms with E-state index < -0.39 is 0 Å². The monoisotopic (exact) mass is 229 g/mol. The van der Waals surface area contributed by atoms with Gasteiger partial charge in [0.15, 0.2) is 0 Å². The van der Waals surface area contributed by atoms with Crippen LogP contribution in [0.1, 0.15) is 30.8 Å². The Hall–Kier alpha value is -0.240. The number of rotatable bonds is 2. The lowest BCUT2D eigenvalue weighted by atomic mass is 9.87. The highest BCUT2D eigenvalue weighted by Gasteiger charge is 2.22. The highest BCUT2D eigenvalue weighted by Crippen LogP contribution is 2.28. The van der Waals surface area contributed by atoms with E-state index in [9.17, 15) is 0 Å². The van der Waals surface area contributed by atoms with Gasteiger partial charge in [0.05, 0.1) is 0 Å². The van der Waals surface area contributed by atoms with E-state index in [4.69, 9.17) is 0 Å². The average Bonchev–Trinajstić information content (AvgIpc) is 2.31. The molecule has 0 fully saturated rings. The van der Waals surface area contributed by atoms with E-state index in [2.05, 4.69) is 54.7 Å². The molecule has 0 atom stereocenters. The van der Waals surface area contributed by atoms with Crippen LogP contribution in [0.5, 0.6) is 0 Å². The van der Waals surface area contributed by atoms with Crippen LogP contribution in [0.25, 0.3) is 0 Å². The van der Waals surface area contributed by atoms with Crippen LogP contribution >= 0.6 is 15.9 Å². The van der Waals surface area contributed by atoms with Crippen LogP contribution < -0.4 is 0 Å². The number of hydrogen-bond donors (Lipinski definition) is 1. The molecule has 1 heterocycles. The van der Waals surface area contributed by atoms with E-state index in [1.807, 2.05) is 0 Å². The third kappa shape index (κ3) is 1.74. The van der Waals surface area contributed by atoms with Gasteiger partial charge >= 0.3 is 0 Å². The Morgan fingerprint density at radius 1 is 1.42 bits per heavy atom. The third-order valence-corrected chi connectivity index (χ3v) is 3.61. The molecule has 0 unspecified atom stereocenters. The number of aryl methyl sites for hydroxylation is 2. The minimum atomic E-state index is 0.231. The first-order chi connectivity index (χ1) is 5.47. The lowest BCUT2D eigenvalue weighted by molar-refractivity contribution is 0.603. The van der Waals surface area contributed by atoms with Gasteiger partial charge in [-0.2, -0.15) is 0 Å². The van der Waals surface area contributed by atoms with E-state index in [1.54, 1.807) is 0 Å². The van der Waals surface area contributed by atoms with Gasteiger partial charge in [-0.15, -0.1) is 0 Å². The molecule has 0 aliphatic heterocycles. The van der Waals surface area contributed by atoms with Crippen molar-refractivity contribution in [3.05, 3.63) is 23.0 Å². The second-order valence-corrected chi connectivity index (χ2v) is 4.57. The lowest BCUT2D eigenvalue weighted by Gasteiger charge is -2.21. The second-order valence-electron chi connectivity index (χ2n) is 4.01. The summed E-state index contributed by atoms with van der Waals surface area (Å²) in [6.45, 7) is 8.72. The van der Waals surface area contributed by atoms with Crippen molar-refractivity contribution in [2.24, 2.45) is 0 Å². The summed E-state index contributed by atoms with van der Waals surface area (Å²) in [6, 6.07) is 2.23. The van der Waals surface area contributed by atoms with Crippen molar-refractivity contribution in [3.8, 4) is 0 Å². The van der Waals surface area contributed by atoms with Crippen molar-refractivity contribution in [1.29, 1.82) is 0 Å². The molecule has 0 saturated heterocycles. The first-order valence-electron chi connectivity index (χ1n) is 4.20. The van der Waals surface area contributed by atoms with Gasteiger partial charge in [-0.25, -0.2) is 0 Å². The summed E-state index contributed by atoms with van der Waals surface area (Å²) in [6.07, 6.45) is 0. The zero-order valence-corrected chi connectivity index (χ0v) is 9.75. The van der Waals surface area contributed by atoms with Crippen LogP contribution in [0, 0.1) is 13.8 Å². The van der Waals surface area contributed by atoms with Gasteiger partial charge in [-0.1, -0.05) is 29.8 Å². The minimum Gasteiger partial charge on any atom is -0.362 e. The number of aromatic nitrogens is 1. The van der Waals surface area contributed by atoms with Crippen molar-refractivity contribution in [2.45, 2.75) is 33.1 Å². The SMILES string of the molecule is Cc1cc(C(C)(C)CBr)c(C)[nH]1. The summed E-state index contributed by atoms with van der Waals surface area (Å²) in [5.41, 5.74) is 4.18. The van der Waals surface area contributed by atoms with Crippen LogP contribution in [0.15, 0.2) is 6.07 Å². The second kappa shape index (κ2) is 3.25. The van der Waals surface area contributed by atoms with E-state index in [0.717, 1.165) is 5.33 Å². The smallest absolute Gasteiger partial charge is 0.0155 e. The van der Waals surface area contributed by atoms with Gasteiger partial charge in [0, 0.05) is 22.1 Å². The Bertz CT molecular complexity index is 273. The summed E-state index contributed by atoms with van der Waals surface area (Å²) in [7, 11) is 0. The number of halogens is 1. The molecule has 0 aromatic carbocycles. The molecule has 0 aliphatic carbocycles. The largest absolute Gasteiger partial charge is 0.362 e. The molecule has 2 heteroatoms. The molecule has 1 aromatic heterocycles. The topological polar surface area (TPSA) is 15.8 Å². The van der Waals surface area contributed by atoms with E-state index in [1.165, 1.54) is 17.0 Å². The predicted octanol–water partition coefficient (Wildman–Crippen LogP) is 3.30. The molecule has 0 saturated carbocycles. The molecular formula is C10H16BrN. The standard InChI is InChI=1S/C10H16BrN/c1-7-5-9(8(2)12-7)10(3,4)6-11/h5,12H,6H2,1-4H3. The fourth-order valence-corrected chi connectivity index (χ4v) is 1.80. The summed E-state index contributed by atoms with van der Waals surface area (Å²) in [4.78, 5) is 3.33. The maximum Gasteiger partial charge on any atom is 0.0155 e. The number of aromatic amines is 1. The van der Waals surface area contributed by atoms with Crippen molar-refractivity contribution >= 4 is 15.9 Å². The fourth-order valence-electron chi connectivity index (χ4n) is 1.50. The molecule has 1 rings (SSSR count). The van der Waals surface area contributed by atoms with Gasteiger partial charge < -0.3 is 4.98 Å². The quantitative estimate of drug-likeness (QED) is 0.750. The molecule has 0 spiro atoms. The lowest BCUT2D eigenvalue weighted by Crippen LogP contribution is -2.19. The van der Waals surface area contributed by atoms with Crippen LogP contribution in [-0.4, -0.2) is 10.3 Å². The summed E-state index contributed by atoms with van der Waals surface area (Å²) >= 11 is 3.54. The predicted molar refractivity (Wildman–Crippen MR) is 57.1 cm³/mol. The van der Waals surface area contributed by atoms with E-state index >= 15 is 0 Å². The van der Waals surface area contributed by atoms with Crippen molar-refractivity contribution in [1.82, 2.24) is 4.98 Å². The Labute approximate surface area is 82.7 Å². The Balaban J connectivity index is 3.09. The molecule has 68 valence electrons. The van der Waals surface area contributed by atoms with Crippen molar-refractivity contribution < 1.29 is 0 Å². The fraction of sp³-hybridized carbons (Fsp3) is 0.600. The molecule has 0 radical (unpaired) electrons. The number of nitrogens with one attached hydrogen (secondary N) is 1. The molecule has 1 nitrogen and oxygen atoms in total. The van der Waals surface area contributed by atoms with Crippen LogP contribution in [-0.2, 0) is 5.41 Å². The van der Waals surface area contributed by atoms with Crippen LogP contribution in [0.4, 0.5) is 0 Å². The zero-order valence-electron chi connectivity index (χ0n) is 8.16. The van der Waals surface area contributed by atoms with Crippen LogP contribution in [0.3, 0.4) is 0 Å². The Morgan fingerprint density at radius 3 is 2.33 bits per heavy atom. The maximum atomic E-state index is 3.54. The van der Waals surface area contributed by atoms with Gasteiger partial charge in [-0.3, -0.25) is 0 Å². The Morgan fingerprint density at radius 2 is 2.00 bits per heavy atom. The molecule has 0 amide bonds. The highest BCUT2D eigenvalue weighted by molar-refractivity contribution is 9.09. The van der Waals surface area contributed by atoms with Gasteiger partial charge in [0.25, 0.3) is 0 Å². The van der Waals surface area contributed by atoms with Gasteiger partial charge in [0.1, 0.15) is 0 Å². The van der Waals surface area contributed by atoms with E-state index in [0.29, 0.717) is 0 Å². The normalized spacial score (nSPS) is 12.1. The first-order valence-corrected chi connectivity index (χ1v) is 5.32. The molecular weight excluding hydrogens is 214 g/mol. The number of hydrogen-bond acceptors (Lipinski definition) is 0. The maximum absolute atomic E-state index is 3.54. The van der Waals surface area contributed by atoms with Gasteiger partial charge in [0.2, 0.25) is 0 Å². The van der Waals surface area contributed by atoms with Crippen LogP contribution in [0.2, 0.25) is 0 Å². The number of alkyl halides is 1. The molecule has 1 aromatic rings. The molecule has 1 N–H and O–H groups in total. The summed E-state index contributed by atoms with van der Waals surface area (Å²) in [5.74, 6) is 0. The summed E-state index contributed by atoms with van der Waals surface area (Å²) < 4.78 is 0. The van der Waals surface area contributed by atoms with Crippen molar-refractivity contribution in [2.75, 3.05) is 5.33 Å². The summed E-state index contributed by atoms with van der Waals surface area (Å²) in [5, 5.41) is 0.998. The van der Waals surface area contributed by atoms with E-state index in [-0.39, 0.29) is 5.41 Å². The molecule has 12 heavy (non-hydrogen) atoms. The first kappa shape index (κ1) is 9.85. The van der Waals surface area contributed by atoms with Gasteiger partial charge in [-0.05, 0) is 25.5 Å². The highest BCUT2D eigenvalue weighted by atomic mass is 79.9. The minimum absolute atomic E-state index is 0.231. The molecule has 0 aliphatic rings. The average molecular weight is 230 g/mol. The van der Waals surface area contributed by atoms with Crippen molar-refractivity contribution in [3.63, 3.8) is 0 Å². The zero-order chi connectivity index (χ0) is 9.35. The molecule has 0 bridgehead atoms.